The Labute approximate surface area is 154 Å². The number of nitrogens with zero attached hydrogens (tertiary/aromatic N) is 3. The molecule has 4 heterocycles. The molecule has 3 saturated heterocycles. The van der Waals surface area contributed by atoms with Crippen molar-refractivity contribution in [3.05, 3.63) is 40.7 Å². The minimum absolute atomic E-state index is 0.785. The quantitative estimate of drug-likeness (QED) is 0.806. The van der Waals surface area contributed by atoms with Gasteiger partial charge in [0.25, 0.3) is 0 Å². The van der Waals surface area contributed by atoms with Crippen molar-refractivity contribution in [1.82, 2.24) is 14.8 Å². The van der Waals surface area contributed by atoms with E-state index in [0.717, 1.165) is 30.1 Å². The molecule has 1 saturated carbocycles. The molecule has 2 bridgehead atoms. The van der Waals surface area contributed by atoms with Crippen molar-refractivity contribution in [3.63, 3.8) is 0 Å². The number of thiazole rings is 1. The van der Waals surface area contributed by atoms with Gasteiger partial charge in [-0.2, -0.15) is 0 Å². The first-order chi connectivity index (χ1) is 12.3. The molecule has 3 nitrogen and oxygen atoms in total. The van der Waals surface area contributed by atoms with Crippen LogP contribution in [0.1, 0.15) is 30.7 Å². The molecular formula is C21H27N3S. The fourth-order valence-electron chi connectivity index (χ4n) is 4.58. The molecule has 0 radical (unpaired) electrons. The van der Waals surface area contributed by atoms with Gasteiger partial charge in [0.2, 0.25) is 0 Å². The number of hydrogen-bond donors (Lipinski definition) is 0. The third-order valence-corrected chi connectivity index (χ3v) is 6.91. The smallest absolute Gasteiger partial charge is 0.107 e. The number of rotatable bonds is 5. The lowest BCUT2D eigenvalue weighted by Crippen LogP contribution is -2.44. The zero-order valence-electron chi connectivity index (χ0n) is 14.8. The van der Waals surface area contributed by atoms with Gasteiger partial charge >= 0.3 is 0 Å². The molecule has 0 amide bonds. The predicted octanol–water partition coefficient (Wildman–Crippen LogP) is 4.12. The minimum Gasteiger partial charge on any atom is -0.299 e. The molecule has 6 rings (SSSR count). The Morgan fingerprint density at radius 2 is 1.88 bits per heavy atom. The van der Waals surface area contributed by atoms with E-state index in [1.807, 2.05) is 11.3 Å². The lowest BCUT2D eigenvalue weighted by atomic mass is 9.95. The molecule has 0 spiro atoms. The summed E-state index contributed by atoms with van der Waals surface area (Å²) < 4.78 is 0. The van der Waals surface area contributed by atoms with Crippen LogP contribution in [-0.4, -0.2) is 47.0 Å². The fraction of sp³-hybridized carbons (Fsp3) is 0.571. The van der Waals surface area contributed by atoms with E-state index >= 15 is 0 Å². The molecule has 132 valence electrons. The zero-order chi connectivity index (χ0) is 16.6. The van der Waals surface area contributed by atoms with Crippen molar-refractivity contribution in [1.29, 1.82) is 0 Å². The zero-order valence-corrected chi connectivity index (χ0v) is 15.6. The van der Waals surface area contributed by atoms with Gasteiger partial charge in [0.05, 0.1) is 12.2 Å². The van der Waals surface area contributed by atoms with E-state index in [1.54, 1.807) is 0 Å². The summed E-state index contributed by atoms with van der Waals surface area (Å²) in [5.74, 6) is 1.88. The van der Waals surface area contributed by atoms with E-state index in [-0.39, 0.29) is 0 Å². The second kappa shape index (κ2) is 6.82. The number of hydrogen-bond acceptors (Lipinski definition) is 4. The van der Waals surface area contributed by atoms with Crippen molar-refractivity contribution >= 4 is 11.3 Å². The topological polar surface area (TPSA) is 19.4 Å². The maximum absolute atomic E-state index is 4.92. The molecule has 2 aromatic rings. The van der Waals surface area contributed by atoms with Gasteiger partial charge in [0.15, 0.2) is 0 Å². The summed E-state index contributed by atoms with van der Waals surface area (Å²) in [5.41, 5.74) is 2.37. The van der Waals surface area contributed by atoms with E-state index in [1.165, 1.54) is 62.4 Å². The average molecular weight is 354 g/mol. The van der Waals surface area contributed by atoms with Crippen LogP contribution >= 0.6 is 11.3 Å². The second-order valence-corrected chi connectivity index (χ2v) is 9.12. The van der Waals surface area contributed by atoms with Crippen molar-refractivity contribution in [3.8, 4) is 11.3 Å². The third kappa shape index (κ3) is 3.67. The molecule has 3 aliphatic heterocycles. The molecule has 4 aliphatic rings. The Kier molecular flexibility index (Phi) is 4.36. The van der Waals surface area contributed by atoms with Crippen molar-refractivity contribution in [2.75, 3.05) is 26.2 Å². The molecular weight excluding hydrogens is 326 g/mol. The predicted molar refractivity (Wildman–Crippen MR) is 104 cm³/mol. The van der Waals surface area contributed by atoms with Gasteiger partial charge in [0.1, 0.15) is 5.01 Å². The van der Waals surface area contributed by atoms with Crippen LogP contribution in [0.5, 0.6) is 0 Å². The third-order valence-electron chi connectivity index (χ3n) is 6.07. The van der Waals surface area contributed by atoms with Gasteiger partial charge in [-0.1, -0.05) is 30.3 Å². The molecule has 1 aromatic carbocycles. The Hall–Kier alpha value is -1.23. The van der Waals surface area contributed by atoms with Gasteiger partial charge in [-0.3, -0.25) is 9.80 Å². The Balaban J connectivity index is 1.26. The molecule has 4 heteroatoms. The molecule has 1 aromatic heterocycles. The highest BCUT2D eigenvalue weighted by Crippen LogP contribution is 2.35. The maximum atomic E-state index is 4.92. The monoisotopic (exact) mass is 353 g/mol. The Morgan fingerprint density at radius 1 is 1.00 bits per heavy atom. The average Bonchev–Trinajstić information content (AvgIpc) is 3.39. The van der Waals surface area contributed by atoms with E-state index in [4.69, 9.17) is 4.98 Å². The van der Waals surface area contributed by atoms with Crippen LogP contribution in [0.3, 0.4) is 0 Å². The molecule has 0 N–H and O–H groups in total. The highest BCUT2D eigenvalue weighted by molar-refractivity contribution is 7.09. The lowest BCUT2D eigenvalue weighted by Gasteiger charge is -2.36. The largest absolute Gasteiger partial charge is 0.299 e. The summed E-state index contributed by atoms with van der Waals surface area (Å²) in [5, 5.41) is 3.49. The number of aromatic nitrogens is 1. The summed E-state index contributed by atoms with van der Waals surface area (Å²) in [4.78, 5) is 10.4. The van der Waals surface area contributed by atoms with Gasteiger partial charge in [-0.15, -0.1) is 11.3 Å². The molecule has 1 aliphatic carbocycles. The van der Waals surface area contributed by atoms with Crippen LogP contribution in [0.25, 0.3) is 11.3 Å². The van der Waals surface area contributed by atoms with Crippen LogP contribution in [-0.2, 0) is 6.54 Å². The first-order valence-electron chi connectivity index (χ1n) is 9.80. The highest BCUT2D eigenvalue weighted by Gasteiger charge is 2.37. The van der Waals surface area contributed by atoms with Crippen LogP contribution in [0, 0.1) is 11.8 Å². The number of benzene rings is 1. The first kappa shape index (κ1) is 16.0. The summed E-state index contributed by atoms with van der Waals surface area (Å²) in [6.07, 6.45) is 5.77. The van der Waals surface area contributed by atoms with Crippen LogP contribution < -0.4 is 0 Å². The molecule has 4 fully saturated rings. The first-order valence-corrected chi connectivity index (χ1v) is 10.7. The molecule has 0 unspecified atom stereocenters. The van der Waals surface area contributed by atoms with Crippen LogP contribution in [0.15, 0.2) is 35.7 Å². The van der Waals surface area contributed by atoms with Gasteiger partial charge in [0, 0.05) is 43.2 Å². The standard InChI is InChI=1S/C21H27N3S/c1-2-4-18(5-3-1)20-15-25-21(22-20)14-23-10-17-8-9-19(13-23)24(12-17)11-16-6-7-16/h1-5,15-17,19H,6-14H2/t17-,19+/m1/s1. The van der Waals surface area contributed by atoms with E-state index in [0.29, 0.717) is 0 Å². The van der Waals surface area contributed by atoms with Crippen molar-refractivity contribution < 1.29 is 0 Å². The van der Waals surface area contributed by atoms with Crippen LogP contribution in [0.4, 0.5) is 0 Å². The van der Waals surface area contributed by atoms with Gasteiger partial charge in [-0.25, -0.2) is 4.98 Å². The van der Waals surface area contributed by atoms with E-state index < -0.39 is 0 Å². The lowest BCUT2D eigenvalue weighted by molar-refractivity contribution is 0.125. The molecule has 25 heavy (non-hydrogen) atoms. The van der Waals surface area contributed by atoms with Crippen LogP contribution in [0.2, 0.25) is 0 Å². The van der Waals surface area contributed by atoms with Gasteiger partial charge in [-0.05, 0) is 37.5 Å². The summed E-state index contributed by atoms with van der Waals surface area (Å²) >= 11 is 1.82. The number of piperidine rings is 1. The van der Waals surface area contributed by atoms with Gasteiger partial charge < -0.3 is 0 Å². The highest BCUT2D eigenvalue weighted by atomic mass is 32.1. The SMILES string of the molecule is c1ccc(-c2csc(CN3C[C@H]4CC[C@@H](C3)N(CC3CC3)C4)n2)cc1. The van der Waals surface area contributed by atoms with Crippen molar-refractivity contribution in [2.45, 2.75) is 38.3 Å². The maximum Gasteiger partial charge on any atom is 0.107 e. The summed E-state index contributed by atoms with van der Waals surface area (Å²) in [6, 6.07) is 11.3. The number of fused-ring (bicyclic) bond motifs is 4. The van der Waals surface area contributed by atoms with E-state index in [2.05, 4.69) is 45.5 Å². The minimum atomic E-state index is 0.785. The Bertz CT molecular complexity index is 709. The summed E-state index contributed by atoms with van der Waals surface area (Å²) in [6.45, 7) is 6.23. The van der Waals surface area contributed by atoms with E-state index in [9.17, 15) is 0 Å². The fourth-order valence-corrected chi connectivity index (χ4v) is 5.42. The second-order valence-electron chi connectivity index (χ2n) is 8.18. The summed E-state index contributed by atoms with van der Waals surface area (Å²) in [7, 11) is 0. The normalized spacial score (nSPS) is 27.5. The Morgan fingerprint density at radius 3 is 2.72 bits per heavy atom. The molecule has 2 atom stereocenters. The van der Waals surface area contributed by atoms with Crippen molar-refractivity contribution in [2.24, 2.45) is 11.8 Å².